The first-order valence-corrected chi connectivity index (χ1v) is 9.88. The number of non-ortho nitro benzene ring substituents is 1. The van der Waals surface area contributed by atoms with Gasteiger partial charge in [0.05, 0.1) is 15.9 Å². The summed E-state index contributed by atoms with van der Waals surface area (Å²) in [5, 5.41) is 23.3. The van der Waals surface area contributed by atoms with Crippen molar-refractivity contribution in [3.8, 4) is 0 Å². The molecule has 9 heteroatoms. The van der Waals surface area contributed by atoms with Gasteiger partial charge in [-0.2, -0.15) is 0 Å². The third-order valence-corrected chi connectivity index (χ3v) is 5.75. The van der Waals surface area contributed by atoms with Gasteiger partial charge in [0, 0.05) is 65.9 Å². The lowest BCUT2D eigenvalue weighted by Crippen LogP contribution is -2.30. The summed E-state index contributed by atoms with van der Waals surface area (Å²) in [4.78, 5) is 24.1. The van der Waals surface area contributed by atoms with E-state index in [1.54, 1.807) is 18.2 Å². The molecule has 3 aromatic rings. The van der Waals surface area contributed by atoms with Crippen molar-refractivity contribution in [2.24, 2.45) is 0 Å². The first-order valence-electron chi connectivity index (χ1n) is 9.51. The van der Waals surface area contributed by atoms with Crippen LogP contribution in [-0.2, 0) is 13.1 Å². The van der Waals surface area contributed by atoms with Crippen LogP contribution in [0.15, 0.2) is 60.8 Å². The van der Waals surface area contributed by atoms with E-state index in [0.717, 1.165) is 18.7 Å². The Balaban J connectivity index is 1.83. The monoisotopic (exact) mass is 426 g/mol. The number of fused-ring (bicyclic) bond motifs is 1. The highest BCUT2D eigenvalue weighted by Gasteiger charge is 2.31. The van der Waals surface area contributed by atoms with E-state index in [4.69, 9.17) is 11.6 Å². The van der Waals surface area contributed by atoms with Crippen LogP contribution in [-0.4, -0.2) is 25.9 Å². The normalized spacial score (nSPS) is 16.6. The molecule has 2 heterocycles. The fourth-order valence-corrected chi connectivity index (χ4v) is 4.28. The lowest BCUT2D eigenvalue weighted by Gasteiger charge is -2.31. The SMILES string of the molecule is O=[N+]([O-])c1ccc(Cl)c(C2c3cccn3CCCN2Cc2ccccc2[N+](=O)[O-])c1. The molecule has 8 nitrogen and oxygen atoms in total. The zero-order valence-corrected chi connectivity index (χ0v) is 16.7. The highest BCUT2D eigenvalue weighted by Crippen LogP contribution is 2.38. The van der Waals surface area contributed by atoms with Gasteiger partial charge in [0.2, 0.25) is 0 Å². The summed E-state index contributed by atoms with van der Waals surface area (Å²) >= 11 is 6.50. The number of hydrogen-bond donors (Lipinski definition) is 0. The molecule has 0 radical (unpaired) electrons. The van der Waals surface area contributed by atoms with Crippen molar-refractivity contribution in [1.82, 2.24) is 9.47 Å². The summed E-state index contributed by atoms with van der Waals surface area (Å²) < 4.78 is 2.11. The molecule has 0 amide bonds. The van der Waals surface area contributed by atoms with Crippen molar-refractivity contribution in [1.29, 1.82) is 0 Å². The van der Waals surface area contributed by atoms with Crippen LogP contribution in [0.3, 0.4) is 0 Å². The van der Waals surface area contributed by atoms with Crippen LogP contribution >= 0.6 is 11.6 Å². The van der Waals surface area contributed by atoms with E-state index in [0.29, 0.717) is 29.2 Å². The molecule has 1 unspecified atom stereocenters. The number of rotatable bonds is 5. The van der Waals surface area contributed by atoms with Crippen LogP contribution in [0.4, 0.5) is 11.4 Å². The largest absolute Gasteiger partial charge is 0.350 e. The molecule has 1 atom stereocenters. The number of aromatic nitrogens is 1. The van der Waals surface area contributed by atoms with E-state index in [9.17, 15) is 20.2 Å². The summed E-state index contributed by atoms with van der Waals surface area (Å²) in [6.45, 7) is 1.78. The molecule has 30 heavy (non-hydrogen) atoms. The maximum atomic E-state index is 11.5. The second-order valence-corrected chi connectivity index (χ2v) is 7.61. The van der Waals surface area contributed by atoms with E-state index < -0.39 is 4.92 Å². The van der Waals surface area contributed by atoms with Gasteiger partial charge in [-0.1, -0.05) is 29.8 Å². The van der Waals surface area contributed by atoms with Gasteiger partial charge in [-0.25, -0.2) is 0 Å². The molecule has 0 fully saturated rings. The molecule has 1 aliphatic rings. The van der Waals surface area contributed by atoms with Crippen molar-refractivity contribution in [3.63, 3.8) is 0 Å². The van der Waals surface area contributed by atoms with Crippen molar-refractivity contribution in [2.45, 2.75) is 25.6 Å². The van der Waals surface area contributed by atoms with Gasteiger partial charge in [-0.15, -0.1) is 0 Å². The first kappa shape index (κ1) is 20.1. The standard InChI is InChI=1S/C21H19ClN4O4/c22-18-9-8-16(25(27)28)13-17(18)21-20-7-3-10-23(20)11-4-12-24(21)14-15-5-1-2-6-19(15)26(29)30/h1-3,5-10,13,21H,4,11-12,14H2. The summed E-state index contributed by atoms with van der Waals surface area (Å²) in [5.41, 5.74) is 2.18. The number of nitrogens with zero attached hydrogens (tertiary/aromatic N) is 4. The van der Waals surface area contributed by atoms with Gasteiger partial charge >= 0.3 is 0 Å². The Kier molecular flexibility index (Phi) is 5.52. The van der Waals surface area contributed by atoms with Gasteiger partial charge in [0.15, 0.2) is 0 Å². The lowest BCUT2D eigenvalue weighted by molar-refractivity contribution is -0.385. The highest BCUT2D eigenvalue weighted by atomic mass is 35.5. The minimum Gasteiger partial charge on any atom is -0.350 e. The third kappa shape index (κ3) is 3.79. The third-order valence-electron chi connectivity index (χ3n) is 5.40. The van der Waals surface area contributed by atoms with Gasteiger partial charge < -0.3 is 4.57 Å². The van der Waals surface area contributed by atoms with Crippen LogP contribution in [0.2, 0.25) is 5.02 Å². The average Bonchev–Trinajstić information content (AvgIpc) is 3.11. The van der Waals surface area contributed by atoms with Crippen LogP contribution < -0.4 is 0 Å². The molecule has 0 aliphatic carbocycles. The molecule has 0 saturated carbocycles. The van der Waals surface area contributed by atoms with E-state index >= 15 is 0 Å². The summed E-state index contributed by atoms with van der Waals surface area (Å²) in [6, 6.07) is 14.6. The number of aryl methyl sites for hydroxylation is 1. The Bertz CT molecular complexity index is 1110. The van der Waals surface area contributed by atoms with Crippen LogP contribution in [0.5, 0.6) is 0 Å². The number of halogens is 1. The maximum Gasteiger partial charge on any atom is 0.273 e. The van der Waals surface area contributed by atoms with Crippen LogP contribution in [0.1, 0.15) is 29.3 Å². The van der Waals surface area contributed by atoms with Crippen molar-refractivity contribution < 1.29 is 9.85 Å². The fraction of sp³-hybridized carbons (Fsp3) is 0.238. The molecule has 1 aromatic heterocycles. The number of para-hydroxylation sites is 1. The molecular weight excluding hydrogens is 408 g/mol. The summed E-state index contributed by atoms with van der Waals surface area (Å²) in [6.07, 6.45) is 2.81. The topological polar surface area (TPSA) is 94.5 Å². The second kappa shape index (κ2) is 8.25. The molecule has 154 valence electrons. The van der Waals surface area contributed by atoms with Crippen LogP contribution in [0.25, 0.3) is 0 Å². The molecule has 4 rings (SSSR count). The maximum absolute atomic E-state index is 11.5. The average molecular weight is 427 g/mol. The van der Waals surface area contributed by atoms with Gasteiger partial charge in [-0.3, -0.25) is 25.1 Å². The van der Waals surface area contributed by atoms with Gasteiger partial charge in [-0.05, 0) is 24.6 Å². The van der Waals surface area contributed by atoms with Crippen LogP contribution in [0, 0.1) is 20.2 Å². The predicted octanol–water partition coefficient (Wildman–Crippen LogP) is 4.95. The summed E-state index contributed by atoms with van der Waals surface area (Å²) in [5.74, 6) is 0. The fourth-order valence-electron chi connectivity index (χ4n) is 4.06. The Morgan fingerprint density at radius 3 is 2.57 bits per heavy atom. The molecule has 0 saturated heterocycles. The minimum atomic E-state index is -0.443. The molecule has 0 bridgehead atoms. The minimum absolute atomic E-state index is 0.0394. The smallest absolute Gasteiger partial charge is 0.273 e. The number of nitro benzene ring substituents is 2. The molecule has 1 aliphatic heterocycles. The van der Waals surface area contributed by atoms with E-state index in [2.05, 4.69) is 9.47 Å². The second-order valence-electron chi connectivity index (χ2n) is 7.20. The zero-order chi connectivity index (χ0) is 21.3. The molecule has 0 N–H and O–H groups in total. The molecular formula is C21H19ClN4O4. The van der Waals surface area contributed by atoms with E-state index in [1.807, 2.05) is 18.3 Å². The van der Waals surface area contributed by atoms with Crippen molar-refractivity contribution in [2.75, 3.05) is 6.54 Å². The zero-order valence-electron chi connectivity index (χ0n) is 16.0. The Morgan fingerprint density at radius 2 is 1.80 bits per heavy atom. The van der Waals surface area contributed by atoms with Gasteiger partial charge in [0.1, 0.15) is 0 Å². The Hall–Kier alpha value is -3.23. The Morgan fingerprint density at radius 1 is 1.00 bits per heavy atom. The van der Waals surface area contributed by atoms with E-state index in [1.165, 1.54) is 24.3 Å². The first-order chi connectivity index (χ1) is 14.5. The van der Waals surface area contributed by atoms with Crippen molar-refractivity contribution >= 4 is 23.0 Å². The number of hydrogen-bond acceptors (Lipinski definition) is 5. The molecule has 2 aromatic carbocycles. The van der Waals surface area contributed by atoms with Gasteiger partial charge in [0.25, 0.3) is 11.4 Å². The number of nitro groups is 2. The highest BCUT2D eigenvalue weighted by molar-refractivity contribution is 6.31. The predicted molar refractivity (Wildman–Crippen MR) is 113 cm³/mol. The van der Waals surface area contributed by atoms with Crippen molar-refractivity contribution in [3.05, 3.63) is 103 Å². The Labute approximate surface area is 177 Å². The quantitative estimate of drug-likeness (QED) is 0.424. The molecule has 0 spiro atoms. The summed E-state index contributed by atoms with van der Waals surface area (Å²) in [7, 11) is 0. The number of benzene rings is 2. The van der Waals surface area contributed by atoms with E-state index in [-0.39, 0.29) is 22.3 Å². The lowest BCUT2D eigenvalue weighted by atomic mass is 10.00.